The van der Waals surface area contributed by atoms with Crippen LogP contribution in [0.3, 0.4) is 0 Å². The van der Waals surface area contributed by atoms with Crippen molar-refractivity contribution >= 4 is 27.4 Å². The first-order valence-corrected chi connectivity index (χ1v) is 15.2. The SMILES string of the molecule is C/C=C\C1=CC(C)(C)c2cc(-c3ccc4ccc5ccc(-c6ccc7c(c6)C(C)(C)c6ccccc6-7)nc5c4n3)ccc21. The van der Waals surface area contributed by atoms with Gasteiger partial charge in [-0.1, -0.05) is 119 Å². The van der Waals surface area contributed by atoms with Gasteiger partial charge in [-0.2, -0.15) is 0 Å². The molecule has 0 atom stereocenters. The highest BCUT2D eigenvalue weighted by Crippen LogP contribution is 2.49. The van der Waals surface area contributed by atoms with E-state index >= 15 is 0 Å². The Hall–Kier alpha value is -4.82. The van der Waals surface area contributed by atoms with Crippen LogP contribution in [0.5, 0.6) is 0 Å². The molecule has 0 saturated carbocycles. The highest BCUT2D eigenvalue weighted by molar-refractivity contribution is 6.04. The molecule has 0 fully saturated rings. The van der Waals surface area contributed by atoms with Gasteiger partial charge in [0.15, 0.2) is 0 Å². The van der Waals surface area contributed by atoms with Crippen molar-refractivity contribution in [2.45, 2.75) is 45.4 Å². The first-order valence-electron chi connectivity index (χ1n) is 15.2. The normalized spacial score (nSPS) is 16.0. The predicted molar refractivity (Wildman–Crippen MR) is 181 cm³/mol. The molecule has 208 valence electrons. The molecule has 2 heteroatoms. The molecule has 0 spiro atoms. The first kappa shape index (κ1) is 25.9. The smallest absolute Gasteiger partial charge is 0.0972 e. The number of benzene rings is 4. The molecule has 0 bridgehead atoms. The Morgan fingerprint density at radius 3 is 1.77 bits per heavy atom. The quantitative estimate of drug-likeness (QED) is 0.203. The molecule has 0 N–H and O–H groups in total. The summed E-state index contributed by atoms with van der Waals surface area (Å²) in [7, 11) is 0. The summed E-state index contributed by atoms with van der Waals surface area (Å²) in [6, 6.07) is 35.4. The maximum absolute atomic E-state index is 5.26. The number of aromatic nitrogens is 2. The van der Waals surface area contributed by atoms with E-state index in [4.69, 9.17) is 9.97 Å². The molecule has 43 heavy (non-hydrogen) atoms. The molecule has 0 unspecified atom stereocenters. The lowest BCUT2D eigenvalue weighted by Gasteiger charge is -2.21. The zero-order valence-electron chi connectivity index (χ0n) is 25.4. The Balaban J connectivity index is 1.24. The van der Waals surface area contributed by atoms with Crippen LogP contribution in [0.15, 0.2) is 115 Å². The summed E-state index contributed by atoms with van der Waals surface area (Å²) >= 11 is 0. The maximum Gasteiger partial charge on any atom is 0.0972 e. The summed E-state index contributed by atoms with van der Waals surface area (Å²) in [4.78, 5) is 10.5. The van der Waals surface area contributed by atoms with Gasteiger partial charge in [-0.15, -0.1) is 0 Å². The monoisotopic (exact) mass is 554 g/mol. The van der Waals surface area contributed by atoms with Crippen LogP contribution in [0.4, 0.5) is 0 Å². The third-order valence-corrected chi connectivity index (χ3v) is 9.58. The molecule has 2 aromatic heterocycles. The summed E-state index contributed by atoms with van der Waals surface area (Å²) in [6.45, 7) is 11.3. The Labute approximate surface area is 253 Å². The van der Waals surface area contributed by atoms with Gasteiger partial charge < -0.3 is 0 Å². The van der Waals surface area contributed by atoms with Crippen molar-refractivity contribution in [1.82, 2.24) is 9.97 Å². The van der Waals surface area contributed by atoms with Crippen LogP contribution >= 0.6 is 0 Å². The average molecular weight is 555 g/mol. The van der Waals surface area contributed by atoms with Gasteiger partial charge in [-0.3, -0.25) is 0 Å². The minimum Gasteiger partial charge on any atom is -0.245 e. The van der Waals surface area contributed by atoms with Gasteiger partial charge >= 0.3 is 0 Å². The van der Waals surface area contributed by atoms with Crippen molar-refractivity contribution in [2.75, 3.05) is 0 Å². The number of hydrogen-bond donors (Lipinski definition) is 0. The zero-order valence-corrected chi connectivity index (χ0v) is 25.4. The number of rotatable bonds is 3. The van der Waals surface area contributed by atoms with Crippen molar-refractivity contribution in [1.29, 1.82) is 0 Å². The molecule has 8 rings (SSSR count). The molecule has 0 radical (unpaired) electrons. The number of hydrogen-bond acceptors (Lipinski definition) is 2. The maximum atomic E-state index is 5.26. The molecule has 0 aliphatic heterocycles. The van der Waals surface area contributed by atoms with Crippen LogP contribution in [0.25, 0.3) is 61.0 Å². The van der Waals surface area contributed by atoms with Crippen LogP contribution in [0.2, 0.25) is 0 Å². The van der Waals surface area contributed by atoms with Gasteiger partial charge in [0, 0.05) is 32.7 Å². The van der Waals surface area contributed by atoms with E-state index in [0.717, 1.165) is 44.3 Å². The van der Waals surface area contributed by atoms with Crippen LogP contribution in [0.1, 0.15) is 56.9 Å². The summed E-state index contributed by atoms with van der Waals surface area (Å²) in [5, 5.41) is 2.20. The van der Waals surface area contributed by atoms with Gasteiger partial charge in [0.1, 0.15) is 0 Å². The minimum atomic E-state index is -0.0462. The highest BCUT2D eigenvalue weighted by atomic mass is 14.8. The first-order chi connectivity index (χ1) is 20.7. The number of nitrogens with zero attached hydrogens (tertiary/aromatic N) is 2. The van der Waals surface area contributed by atoms with E-state index in [1.54, 1.807) is 0 Å². The van der Waals surface area contributed by atoms with E-state index in [2.05, 4.69) is 150 Å². The van der Waals surface area contributed by atoms with Gasteiger partial charge in [0.05, 0.1) is 22.4 Å². The lowest BCUT2D eigenvalue weighted by Crippen LogP contribution is -2.14. The third-order valence-electron chi connectivity index (χ3n) is 9.58. The lowest BCUT2D eigenvalue weighted by atomic mass is 9.82. The standard InChI is InChI=1S/C41H34N2/c1-6-9-29-24-40(2,3)34-22-27(14-18-30(29)34)36-20-16-25-12-13-26-17-21-37(43-39(26)38(25)42-36)28-15-19-32-31-10-7-8-11-33(31)41(4,5)35(32)23-28/h6-24H,1-5H3/b9-6-. The summed E-state index contributed by atoms with van der Waals surface area (Å²) < 4.78 is 0. The van der Waals surface area contributed by atoms with E-state index in [1.807, 2.05) is 0 Å². The topological polar surface area (TPSA) is 25.8 Å². The van der Waals surface area contributed by atoms with Crippen LogP contribution in [0, 0.1) is 0 Å². The van der Waals surface area contributed by atoms with Crippen LogP contribution in [-0.2, 0) is 10.8 Å². The Kier molecular flexibility index (Phi) is 5.46. The van der Waals surface area contributed by atoms with Crippen molar-refractivity contribution < 1.29 is 0 Å². The van der Waals surface area contributed by atoms with Gasteiger partial charge in [-0.25, -0.2) is 9.97 Å². The van der Waals surface area contributed by atoms with E-state index < -0.39 is 0 Å². The minimum absolute atomic E-state index is 0.0218. The molecule has 2 heterocycles. The van der Waals surface area contributed by atoms with Crippen molar-refractivity contribution in [3.05, 3.63) is 138 Å². The second kappa shape index (κ2) is 9.09. The van der Waals surface area contributed by atoms with E-state index in [-0.39, 0.29) is 10.8 Å². The predicted octanol–water partition coefficient (Wildman–Crippen LogP) is 10.7. The van der Waals surface area contributed by atoms with Crippen LogP contribution in [-0.4, -0.2) is 9.97 Å². The van der Waals surface area contributed by atoms with E-state index in [9.17, 15) is 0 Å². The van der Waals surface area contributed by atoms with E-state index in [0.29, 0.717) is 0 Å². The Bertz CT molecular complexity index is 2190. The fourth-order valence-corrected chi connectivity index (χ4v) is 7.30. The van der Waals surface area contributed by atoms with Crippen molar-refractivity contribution in [3.8, 4) is 33.6 Å². The lowest BCUT2D eigenvalue weighted by molar-refractivity contribution is 0.660. The summed E-state index contributed by atoms with van der Waals surface area (Å²) in [5.74, 6) is 0. The molecule has 0 amide bonds. The molecule has 2 nitrogen and oxygen atoms in total. The zero-order chi connectivity index (χ0) is 29.5. The van der Waals surface area contributed by atoms with Gasteiger partial charge in [0.25, 0.3) is 0 Å². The van der Waals surface area contributed by atoms with Gasteiger partial charge in [0.2, 0.25) is 0 Å². The van der Waals surface area contributed by atoms with Gasteiger partial charge in [-0.05, 0) is 70.1 Å². The Morgan fingerprint density at radius 2 is 1.12 bits per heavy atom. The van der Waals surface area contributed by atoms with Crippen molar-refractivity contribution in [3.63, 3.8) is 0 Å². The van der Waals surface area contributed by atoms with E-state index in [1.165, 1.54) is 39.0 Å². The second-order valence-corrected chi connectivity index (χ2v) is 13.1. The molecular formula is C41H34N2. The Morgan fingerprint density at radius 1 is 0.558 bits per heavy atom. The molecular weight excluding hydrogens is 520 g/mol. The molecule has 2 aliphatic rings. The number of allylic oxidation sites excluding steroid dienone is 4. The third kappa shape index (κ3) is 3.86. The van der Waals surface area contributed by atoms with Crippen LogP contribution < -0.4 is 0 Å². The fourth-order valence-electron chi connectivity index (χ4n) is 7.30. The number of fused-ring (bicyclic) bond motifs is 7. The molecule has 2 aliphatic carbocycles. The largest absolute Gasteiger partial charge is 0.245 e. The number of pyridine rings is 2. The fraction of sp³-hybridized carbons (Fsp3) is 0.171. The second-order valence-electron chi connectivity index (χ2n) is 13.1. The summed E-state index contributed by atoms with van der Waals surface area (Å²) in [6.07, 6.45) is 6.69. The van der Waals surface area contributed by atoms with Crippen molar-refractivity contribution in [2.24, 2.45) is 0 Å². The average Bonchev–Trinajstić information content (AvgIpc) is 3.41. The summed E-state index contributed by atoms with van der Waals surface area (Å²) in [5.41, 5.74) is 15.4. The molecule has 6 aromatic rings. The molecule has 0 saturated heterocycles. The highest BCUT2D eigenvalue weighted by Gasteiger charge is 2.35. The molecule has 4 aromatic carbocycles.